The van der Waals surface area contributed by atoms with Gasteiger partial charge >= 0.3 is 6.03 Å². The van der Waals surface area contributed by atoms with Crippen LogP contribution in [0.3, 0.4) is 0 Å². The Labute approximate surface area is 168 Å². The first-order valence-corrected chi connectivity index (χ1v) is 9.82. The van der Waals surface area contributed by atoms with Gasteiger partial charge in [0.25, 0.3) is 5.91 Å². The summed E-state index contributed by atoms with van der Waals surface area (Å²) >= 11 is 0. The third kappa shape index (κ3) is 5.16. The van der Waals surface area contributed by atoms with Gasteiger partial charge in [-0.1, -0.05) is 19.9 Å². The molecular weight excluding hydrogens is 358 g/mol. The van der Waals surface area contributed by atoms with Gasteiger partial charge < -0.3 is 14.8 Å². The van der Waals surface area contributed by atoms with Crippen LogP contribution in [0.2, 0.25) is 0 Å². The number of carbonyl (C=O) groups is 2. The van der Waals surface area contributed by atoms with Crippen molar-refractivity contribution < 1.29 is 19.1 Å². The molecule has 7 heteroatoms. The highest BCUT2D eigenvalue weighted by Crippen LogP contribution is 2.29. The van der Waals surface area contributed by atoms with Crippen molar-refractivity contribution in [2.75, 3.05) is 27.4 Å². The van der Waals surface area contributed by atoms with Gasteiger partial charge in [0, 0.05) is 6.54 Å². The minimum atomic E-state index is -0.815. The zero-order valence-corrected chi connectivity index (χ0v) is 17.9. The average Bonchev–Trinajstić information content (AvgIpc) is 2.85. The average molecular weight is 392 g/mol. The van der Waals surface area contributed by atoms with Crippen LogP contribution in [-0.2, 0) is 11.3 Å². The second-order valence-corrected chi connectivity index (χ2v) is 8.00. The van der Waals surface area contributed by atoms with E-state index in [9.17, 15) is 9.59 Å². The maximum Gasteiger partial charge on any atom is 0.326 e. The second-order valence-electron chi connectivity index (χ2n) is 8.00. The number of rotatable bonds is 10. The molecule has 0 radical (unpaired) electrons. The molecule has 2 rings (SSSR count). The minimum Gasteiger partial charge on any atom is -0.493 e. The van der Waals surface area contributed by atoms with Crippen LogP contribution in [0.5, 0.6) is 11.5 Å². The SMILES string of the molecule is CCOc1ccc(CN(C)CN2C(=O)N[C@](C)(CCC(C)C)C2=O)cc1OC. The van der Waals surface area contributed by atoms with Crippen molar-refractivity contribution >= 4 is 11.9 Å². The maximum atomic E-state index is 12.8. The Morgan fingerprint density at radius 3 is 2.57 bits per heavy atom. The van der Waals surface area contributed by atoms with Gasteiger partial charge in [-0.15, -0.1) is 0 Å². The predicted molar refractivity (Wildman–Crippen MR) is 108 cm³/mol. The number of nitrogens with zero attached hydrogens (tertiary/aromatic N) is 2. The quantitative estimate of drug-likeness (QED) is 0.620. The highest BCUT2D eigenvalue weighted by molar-refractivity contribution is 6.06. The lowest BCUT2D eigenvalue weighted by atomic mass is 9.92. The third-order valence-electron chi connectivity index (χ3n) is 4.93. The summed E-state index contributed by atoms with van der Waals surface area (Å²) in [6.45, 7) is 9.33. The van der Waals surface area contributed by atoms with Gasteiger partial charge in [-0.05, 0) is 57.4 Å². The Kier molecular flexibility index (Phi) is 7.29. The molecule has 1 aromatic rings. The summed E-state index contributed by atoms with van der Waals surface area (Å²) in [4.78, 5) is 28.4. The van der Waals surface area contributed by atoms with Crippen molar-refractivity contribution in [2.45, 2.75) is 52.6 Å². The molecule has 0 saturated carbocycles. The Hall–Kier alpha value is -2.28. The number of methoxy groups -OCH3 is 1. The van der Waals surface area contributed by atoms with Crippen molar-refractivity contribution in [3.8, 4) is 11.5 Å². The number of imide groups is 1. The van der Waals surface area contributed by atoms with Crippen molar-refractivity contribution in [1.82, 2.24) is 15.1 Å². The van der Waals surface area contributed by atoms with Gasteiger partial charge in [0.1, 0.15) is 5.54 Å². The number of amides is 3. The number of hydrogen-bond donors (Lipinski definition) is 1. The monoisotopic (exact) mass is 391 g/mol. The molecule has 0 spiro atoms. The number of carbonyl (C=O) groups excluding carboxylic acids is 2. The zero-order chi connectivity index (χ0) is 20.9. The van der Waals surface area contributed by atoms with Crippen molar-refractivity contribution in [2.24, 2.45) is 5.92 Å². The third-order valence-corrected chi connectivity index (χ3v) is 4.93. The molecule has 28 heavy (non-hydrogen) atoms. The number of nitrogens with one attached hydrogen (secondary N) is 1. The van der Waals surface area contributed by atoms with E-state index in [0.29, 0.717) is 37.0 Å². The highest BCUT2D eigenvalue weighted by atomic mass is 16.5. The van der Waals surface area contributed by atoms with Gasteiger partial charge in [-0.2, -0.15) is 0 Å². The topological polar surface area (TPSA) is 71.1 Å². The molecule has 7 nitrogen and oxygen atoms in total. The summed E-state index contributed by atoms with van der Waals surface area (Å²) in [5, 5.41) is 2.87. The molecule has 1 aliphatic rings. The van der Waals surface area contributed by atoms with Gasteiger partial charge in [-0.3, -0.25) is 9.69 Å². The smallest absolute Gasteiger partial charge is 0.326 e. The number of benzene rings is 1. The highest BCUT2D eigenvalue weighted by Gasteiger charge is 2.47. The predicted octanol–water partition coefficient (Wildman–Crippen LogP) is 3.23. The first kappa shape index (κ1) is 22.0. The molecule has 1 aromatic carbocycles. The summed E-state index contributed by atoms with van der Waals surface area (Å²) in [5.41, 5.74) is 0.197. The van der Waals surface area contributed by atoms with Crippen LogP contribution in [0.25, 0.3) is 0 Å². The first-order valence-electron chi connectivity index (χ1n) is 9.82. The number of ether oxygens (including phenoxy) is 2. The fraction of sp³-hybridized carbons (Fsp3) is 0.619. The second kappa shape index (κ2) is 9.28. The zero-order valence-electron chi connectivity index (χ0n) is 17.9. The summed E-state index contributed by atoms with van der Waals surface area (Å²) in [6, 6.07) is 5.43. The Balaban J connectivity index is 2.01. The van der Waals surface area contributed by atoms with E-state index in [1.165, 1.54) is 4.90 Å². The molecular formula is C21H33N3O4. The van der Waals surface area contributed by atoms with E-state index in [1.54, 1.807) is 7.11 Å². The Morgan fingerprint density at radius 1 is 1.25 bits per heavy atom. The van der Waals surface area contributed by atoms with Crippen LogP contribution in [0.15, 0.2) is 18.2 Å². The Bertz CT molecular complexity index is 707. The van der Waals surface area contributed by atoms with E-state index in [2.05, 4.69) is 19.2 Å². The van der Waals surface area contributed by atoms with E-state index in [0.717, 1.165) is 12.0 Å². The van der Waals surface area contributed by atoms with Gasteiger partial charge in [0.05, 0.1) is 20.4 Å². The van der Waals surface area contributed by atoms with E-state index in [4.69, 9.17) is 9.47 Å². The fourth-order valence-corrected chi connectivity index (χ4v) is 3.31. The molecule has 1 fully saturated rings. The van der Waals surface area contributed by atoms with Crippen LogP contribution in [0.1, 0.15) is 46.1 Å². The molecule has 3 amide bonds. The van der Waals surface area contributed by atoms with E-state index < -0.39 is 5.54 Å². The van der Waals surface area contributed by atoms with Crippen LogP contribution < -0.4 is 14.8 Å². The molecule has 1 aliphatic heterocycles. The largest absolute Gasteiger partial charge is 0.493 e. The molecule has 1 saturated heterocycles. The van der Waals surface area contributed by atoms with E-state index in [1.807, 2.05) is 44.0 Å². The lowest BCUT2D eigenvalue weighted by Gasteiger charge is -2.25. The molecule has 156 valence electrons. The molecule has 0 aliphatic carbocycles. The molecule has 0 unspecified atom stereocenters. The van der Waals surface area contributed by atoms with Crippen molar-refractivity contribution in [3.05, 3.63) is 23.8 Å². The van der Waals surface area contributed by atoms with Crippen molar-refractivity contribution in [3.63, 3.8) is 0 Å². The van der Waals surface area contributed by atoms with E-state index in [-0.39, 0.29) is 18.6 Å². The number of hydrogen-bond acceptors (Lipinski definition) is 5. The molecule has 0 bridgehead atoms. The fourth-order valence-electron chi connectivity index (χ4n) is 3.31. The van der Waals surface area contributed by atoms with Gasteiger partial charge in [-0.25, -0.2) is 9.69 Å². The van der Waals surface area contributed by atoms with Gasteiger partial charge in [0.2, 0.25) is 0 Å². The van der Waals surface area contributed by atoms with E-state index >= 15 is 0 Å². The van der Waals surface area contributed by atoms with Gasteiger partial charge in [0.15, 0.2) is 11.5 Å². The number of urea groups is 1. The summed E-state index contributed by atoms with van der Waals surface area (Å²) < 4.78 is 10.9. The molecule has 1 atom stereocenters. The molecule has 1 N–H and O–H groups in total. The maximum absolute atomic E-state index is 12.8. The summed E-state index contributed by atoms with van der Waals surface area (Å²) in [6.07, 6.45) is 1.53. The lowest BCUT2D eigenvalue weighted by molar-refractivity contribution is -0.132. The normalized spacial score (nSPS) is 19.5. The lowest BCUT2D eigenvalue weighted by Crippen LogP contribution is -2.45. The summed E-state index contributed by atoms with van der Waals surface area (Å²) in [5.74, 6) is 1.69. The summed E-state index contributed by atoms with van der Waals surface area (Å²) in [7, 11) is 3.49. The van der Waals surface area contributed by atoms with Crippen LogP contribution in [-0.4, -0.2) is 54.7 Å². The standard InChI is InChI=1S/C21H33N3O4/c1-7-28-17-9-8-16(12-18(17)27-6)13-23(5)14-24-19(25)21(4,22-20(24)26)11-10-15(2)3/h8-9,12,15H,7,10-11,13-14H2,1-6H3,(H,22,26)/t21-/m1/s1. The van der Waals surface area contributed by atoms with Crippen LogP contribution >= 0.6 is 0 Å². The Morgan fingerprint density at radius 2 is 1.96 bits per heavy atom. The van der Waals surface area contributed by atoms with Crippen molar-refractivity contribution in [1.29, 1.82) is 0 Å². The van der Waals surface area contributed by atoms with Crippen LogP contribution in [0.4, 0.5) is 4.79 Å². The van der Waals surface area contributed by atoms with Crippen LogP contribution in [0, 0.1) is 5.92 Å². The molecule has 0 aromatic heterocycles. The minimum absolute atomic E-state index is 0.158. The molecule has 1 heterocycles. The first-order chi connectivity index (χ1) is 13.2.